The number of sulfonamides is 1. The van der Waals surface area contributed by atoms with Crippen LogP contribution in [0.1, 0.15) is 15.9 Å². The molecule has 1 aromatic carbocycles. The van der Waals surface area contributed by atoms with Crippen molar-refractivity contribution < 1.29 is 17.9 Å². The molecule has 0 bridgehead atoms. The number of methoxy groups -OCH3 is 1. The van der Waals surface area contributed by atoms with Crippen LogP contribution in [0.5, 0.6) is 0 Å². The summed E-state index contributed by atoms with van der Waals surface area (Å²) in [5.41, 5.74) is 0.892. The summed E-state index contributed by atoms with van der Waals surface area (Å²) in [5.74, 6) is -0.562. The highest BCUT2D eigenvalue weighted by Gasteiger charge is 2.17. The number of rotatable bonds is 5. The van der Waals surface area contributed by atoms with Crippen molar-refractivity contribution in [3.05, 3.63) is 42.0 Å². The molecule has 0 spiro atoms. The van der Waals surface area contributed by atoms with Crippen molar-refractivity contribution in [2.45, 2.75) is 11.8 Å². The van der Waals surface area contributed by atoms with E-state index in [9.17, 15) is 13.2 Å². The Bertz CT molecular complexity index is 563. The van der Waals surface area contributed by atoms with Crippen molar-refractivity contribution in [3.63, 3.8) is 0 Å². The first-order chi connectivity index (χ1) is 8.42. The van der Waals surface area contributed by atoms with Crippen molar-refractivity contribution in [2.75, 3.05) is 13.7 Å². The molecule has 0 heterocycles. The van der Waals surface area contributed by atoms with Crippen LogP contribution in [0, 0.1) is 6.92 Å². The molecule has 0 amide bonds. The number of hydrogen-bond acceptors (Lipinski definition) is 4. The van der Waals surface area contributed by atoms with Crippen LogP contribution in [0.15, 0.2) is 35.7 Å². The van der Waals surface area contributed by atoms with Gasteiger partial charge in [-0.1, -0.05) is 12.1 Å². The van der Waals surface area contributed by atoms with Gasteiger partial charge in [-0.15, -0.1) is 6.58 Å². The summed E-state index contributed by atoms with van der Waals surface area (Å²) in [6.07, 6.45) is 1.44. The summed E-state index contributed by atoms with van der Waals surface area (Å²) in [5, 5.41) is 0. The Labute approximate surface area is 107 Å². The molecule has 6 heteroatoms. The van der Waals surface area contributed by atoms with Gasteiger partial charge in [0.1, 0.15) is 0 Å². The zero-order valence-corrected chi connectivity index (χ0v) is 11.1. The largest absolute Gasteiger partial charge is 0.465 e. The van der Waals surface area contributed by atoms with E-state index >= 15 is 0 Å². The summed E-state index contributed by atoms with van der Waals surface area (Å²) in [4.78, 5) is 11.5. The lowest BCUT2D eigenvalue weighted by molar-refractivity contribution is 0.0599. The van der Waals surface area contributed by atoms with Gasteiger partial charge in [0.05, 0.1) is 17.6 Å². The Morgan fingerprint density at radius 2 is 2.17 bits per heavy atom. The molecule has 1 N–H and O–H groups in total. The average Bonchev–Trinajstić information content (AvgIpc) is 2.35. The second-order valence-electron chi connectivity index (χ2n) is 3.61. The fraction of sp³-hybridized carbons (Fsp3) is 0.250. The van der Waals surface area contributed by atoms with Gasteiger partial charge in [-0.2, -0.15) is 0 Å². The molecule has 0 aliphatic carbocycles. The summed E-state index contributed by atoms with van der Waals surface area (Å²) in [7, 11) is -2.38. The van der Waals surface area contributed by atoms with E-state index in [1.165, 1.54) is 25.3 Å². The number of carbonyl (C=O) groups is 1. The van der Waals surface area contributed by atoms with Crippen molar-refractivity contribution in [1.29, 1.82) is 0 Å². The Balaban J connectivity index is 3.20. The van der Waals surface area contributed by atoms with Gasteiger partial charge in [-0.3, -0.25) is 0 Å². The maximum absolute atomic E-state index is 11.9. The highest BCUT2D eigenvalue weighted by Crippen LogP contribution is 2.16. The third-order valence-electron chi connectivity index (χ3n) is 2.34. The number of nitrogens with one attached hydrogen (secondary N) is 1. The van der Waals surface area contributed by atoms with E-state index in [0.717, 1.165) is 0 Å². The Morgan fingerprint density at radius 3 is 2.72 bits per heavy atom. The molecule has 0 aliphatic heterocycles. The quantitative estimate of drug-likeness (QED) is 0.645. The number of hydrogen-bond donors (Lipinski definition) is 1. The van der Waals surface area contributed by atoms with Gasteiger partial charge in [0, 0.05) is 6.54 Å². The molecule has 0 aliphatic rings. The third-order valence-corrected chi connectivity index (χ3v) is 3.76. The van der Waals surface area contributed by atoms with Crippen molar-refractivity contribution >= 4 is 16.0 Å². The van der Waals surface area contributed by atoms with Crippen LogP contribution in [0.2, 0.25) is 0 Å². The van der Waals surface area contributed by atoms with E-state index in [1.807, 2.05) is 0 Å². The molecule has 5 nitrogen and oxygen atoms in total. The molecule has 18 heavy (non-hydrogen) atoms. The molecule has 0 radical (unpaired) electrons. The molecule has 0 unspecified atom stereocenters. The van der Waals surface area contributed by atoms with Gasteiger partial charge in [0.15, 0.2) is 0 Å². The van der Waals surface area contributed by atoms with E-state index in [0.29, 0.717) is 5.56 Å². The van der Waals surface area contributed by atoms with Gasteiger partial charge >= 0.3 is 5.97 Å². The predicted molar refractivity (Wildman–Crippen MR) is 67.9 cm³/mol. The van der Waals surface area contributed by atoms with Crippen LogP contribution < -0.4 is 4.72 Å². The molecule has 0 aromatic heterocycles. The monoisotopic (exact) mass is 269 g/mol. The topological polar surface area (TPSA) is 72.5 Å². The van der Waals surface area contributed by atoms with Gasteiger partial charge in [0.2, 0.25) is 10.0 Å². The minimum Gasteiger partial charge on any atom is -0.465 e. The molecular weight excluding hydrogens is 254 g/mol. The molecule has 0 fully saturated rings. The van der Waals surface area contributed by atoms with Crippen LogP contribution in [-0.4, -0.2) is 28.0 Å². The number of ether oxygens (including phenoxy) is 1. The highest BCUT2D eigenvalue weighted by atomic mass is 32.2. The smallest absolute Gasteiger partial charge is 0.338 e. The van der Waals surface area contributed by atoms with Gasteiger partial charge in [0.25, 0.3) is 0 Å². The van der Waals surface area contributed by atoms with Crippen molar-refractivity contribution in [2.24, 2.45) is 0 Å². The average molecular weight is 269 g/mol. The molecule has 1 rings (SSSR count). The van der Waals surface area contributed by atoms with Gasteiger partial charge < -0.3 is 4.74 Å². The van der Waals surface area contributed by atoms with Gasteiger partial charge in [-0.25, -0.2) is 17.9 Å². The lowest BCUT2D eigenvalue weighted by Gasteiger charge is -2.08. The maximum atomic E-state index is 11.9. The molecule has 1 aromatic rings. The first-order valence-corrected chi connectivity index (χ1v) is 6.70. The van der Waals surface area contributed by atoms with E-state index in [4.69, 9.17) is 0 Å². The van der Waals surface area contributed by atoms with E-state index < -0.39 is 16.0 Å². The maximum Gasteiger partial charge on any atom is 0.338 e. The summed E-state index contributed by atoms with van der Waals surface area (Å²) in [6, 6.07) is 4.30. The van der Waals surface area contributed by atoms with Crippen LogP contribution in [-0.2, 0) is 14.8 Å². The zero-order valence-electron chi connectivity index (χ0n) is 10.3. The molecule has 98 valence electrons. The second-order valence-corrected chi connectivity index (χ2v) is 5.38. The highest BCUT2D eigenvalue weighted by molar-refractivity contribution is 7.89. The predicted octanol–water partition coefficient (Wildman–Crippen LogP) is 1.25. The Kier molecular flexibility index (Phi) is 4.63. The van der Waals surface area contributed by atoms with Crippen molar-refractivity contribution in [1.82, 2.24) is 4.72 Å². The fourth-order valence-corrected chi connectivity index (χ4v) is 2.37. The third kappa shape index (κ3) is 3.18. The van der Waals surface area contributed by atoms with Crippen LogP contribution in [0.4, 0.5) is 0 Å². The molecular formula is C12H15NO4S. The van der Waals surface area contributed by atoms with Crippen LogP contribution in [0.25, 0.3) is 0 Å². The van der Waals surface area contributed by atoms with Gasteiger partial charge in [-0.05, 0) is 24.6 Å². The second kappa shape index (κ2) is 5.79. The van der Waals surface area contributed by atoms with Crippen LogP contribution >= 0.6 is 0 Å². The van der Waals surface area contributed by atoms with E-state index in [2.05, 4.69) is 16.0 Å². The molecule has 0 saturated heterocycles. The molecule has 0 atom stereocenters. The zero-order chi connectivity index (χ0) is 13.8. The normalized spacial score (nSPS) is 11.0. The molecule has 0 saturated carbocycles. The van der Waals surface area contributed by atoms with Crippen molar-refractivity contribution in [3.8, 4) is 0 Å². The Morgan fingerprint density at radius 1 is 1.50 bits per heavy atom. The number of esters is 1. The van der Waals surface area contributed by atoms with Crippen LogP contribution in [0.3, 0.4) is 0 Å². The van der Waals surface area contributed by atoms with E-state index in [1.54, 1.807) is 13.0 Å². The Hall–Kier alpha value is -1.66. The number of carbonyl (C=O) groups excluding carboxylic acids is 1. The lowest BCUT2D eigenvalue weighted by Crippen LogP contribution is -2.24. The first kappa shape index (κ1) is 14.4. The number of benzene rings is 1. The fourth-order valence-electron chi connectivity index (χ4n) is 1.35. The summed E-state index contributed by atoms with van der Waals surface area (Å²) in [6.45, 7) is 5.27. The minimum absolute atomic E-state index is 0.0235. The minimum atomic E-state index is -3.63. The lowest BCUT2D eigenvalue weighted by atomic mass is 10.1. The standard InChI is InChI=1S/C12H15NO4S/c1-4-7-13-18(15,16)10-6-5-9(2)11(8-10)12(14)17-3/h4-6,8,13H,1,7H2,2-3H3. The number of aryl methyl sites for hydroxylation is 1. The summed E-state index contributed by atoms with van der Waals surface area (Å²) >= 11 is 0. The van der Waals surface area contributed by atoms with E-state index in [-0.39, 0.29) is 17.0 Å². The SMILES string of the molecule is C=CCNS(=O)(=O)c1ccc(C)c(C(=O)OC)c1. The summed E-state index contributed by atoms with van der Waals surface area (Å²) < 4.78 is 30.6. The first-order valence-electron chi connectivity index (χ1n) is 5.22.